The maximum Gasteiger partial charge on any atom is 0.256 e. The Balaban J connectivity index is 1.83. The van der Waals surface area contributed by atoms with Crippen LogP contribution in [-0.2, 0) is 6.42 Å². The van der Waals surface area contributed by atoms with Gasteiger partial charge in [0, 0.05) is 42.0 Å². The number of hydrogen-bond acceptors (Lipinski definition) is 3. The highest BCUT2D eigenvalue weighted by atomic mass is 16.2. The van der Waals surface area contributed by atoms with E-state index in [1.54, 1.807) is 12.5 Å². The van der Waals surface area contributed by atoms with Crippen LogP contribution < -0.4 is 10.7 Å². The molecule has 0 saturated heterocycles. The molecule has 2 aromatic heterocycles. The van der Waals surface area contributed by atoms with Gasteiger partial charge in [0.1, 0.15) is 5.56 Å². The van der Waals surface area contributed by atoms with Gasteiger partial charge in [-0.3, -0.25) is 9.59 Å². The van der Waals surface area contributed by atoms with Crippen molar-refractivity contribution < 1.29 is 4.79 Å². The number of pyridine rings is 1. The minimum Gasteiger partial charge on any atom is -0.360 e. The number of amides is 1. The molecule has 0 aliphatic rings. The molecule has 0 unspecified atom stereocenters. The summed E-state index contributed by atoms with van der Waals surface area (Å²) in [4.78, 5) is 34.8. The molecule has 6 nitrogen and oxygen atoms in total. The maximum absolute atomic E-state index is 12.6. The lowest BCUT2D eigenvalue weighted by molar-refractivity contribution is 0.0953. The molecule has 0 bridgehead atoms. The summed E-state index contributed by atoms with van der Waals surface area (Å²) in [6, 6.07) is 3.85. The van der Waals surface area contributed by atoms with Crippen LogP contribution in [0.25, 0.3) is 10.9 Å². The van der Waals surface area contributed by atoms with E-state index in [1.165, 1.54) is 6.20 Å². The van der Waals surface area contributed by atoms with Gasteiger partial charge < -0.3 is 15.3 Å². The topological polar surface area (TPSA) is 90.6 Å². The molecule has 6 heteroatoms. The second-order valence-corrected chi connectivity index (χ2v) is 5.62. The zero-order valence-electron chi connectivity index (χ0n) is 13.1. The average Bonchev–Trinajstić information content (AvgIpc) is 3.00. The summed E-state index contributed by atoms with van der Waals surface area (Å²) in [5.74, 6) is -0.368. The zero-order valence-corrected chi connectivity index (χ0v) is 13.1. The van der Waals surface area contributed by atoms with E-state index in [4.69, 9.17) is 0 Å². The average molecular weight is 310 g/mol. The molecule has 0 spiro atoms. The number of aromatic amines is 2. The molecule has 3 rings (SSSR count). The van der Waals surface area contributed by atoms with E-state index < -0.39 is 0 Å². The fraction of sp³-hybridized carbons (Fsp3) is 0.235. The van der Waals surface area contributed by atoms with Crippen LogP contribution in [0.15, 0.2) is 35.6 Å². The van der Waals surface area contributed by atoms with Crippen molar-refractivity contribution in [3.8, 4) is 0 Å². The van der Waals surface area contributed by atoms with Crippen LogP contribution >= 0.6 is 0 Å². The van der Waals surface area contributed by atoms with Crippen molar-refractivity contribution in [2.24, 2.45) is 0 Å². The molecular formula is C17H18N4O2. The molecular weight excluding hydrogens is 292 g/mol. The summed E-state index contributed by atoms with van der Waals surface area (Å²) in [6.45, 7) is 4.29. The molecule has 0 saturated carbocycles. The fourth-order valence-corrected chi connectivity index (χ4v) is 2.73. The molecule has 0 atom stereocenters. The SMILES string of the molecule is Cc1cc(C)c2c(=O)c(C(=O)NCCc3cnc[nH]3)c[nH]c2c1. The van der Waals surface area contributed by atoms with Crippen molar-refractivity contribution in [2.75, 3.05) is 6.54 Å². The first-order valence-corrected chi connectivity index (χ1v) is 7.44. The minimum absolute atomic E-state index is 0.133. The Morgan fingerprint density at radius 1 is 1.26 bits per heavy atom. The first kappa shape index (κ1) is 15.0. The van der Waals surface area contributed by atoms with E-state index in [0.29, 0.717) is 18.4 Å². The van der Waals surface area contributed by atoms with Gasteiger partial charge in [-0.2, -0.15) is 0 Å². The number of aromatic nitrogens is 3. The van der Waals surface area contributed by atoms with Crippen molar-refractivity contribution in [2.45, 2.75) is 20.3 Å². The lowest BCUT2D eigenvalue weighted by Crippen LogP contribution is -2.30. The molecule has 3 N–H and O–H groups in total. The van der Waals surface area contributed by atoms with Crippen LogP contribution in [0.5, 0.6) is 0 Å². The molecule has 118 valence electrons. The van der Waals surface area contributed by atoms with E-state index >= 15 is 0 Å². The summed E-state index contributed by atoms with van der Waals surface area (Å²) in [5, 5.41) is 3.33. The molecule has 3 aromatic rings. The predicted octanol–water partition coefficient (Wildman–Crippen LogP) is 1.84. The number of carbonyl (C=O) groups is 1. The molecule has 23 heavy (non-hydrogen) atoms. The van der Waals surface area contributed by atoms with Crippen LogP contribution in [0.3, 0.4) is 0 Å². The van der Waals surface area contributed by atoms with E-state index in [0.717, 1.165) is 22.3 Å². The van der Waals surface area contributed by atoms with Crippen molar-refractivity contribution in [1.82, 2.24) is 20.3 Å². The number of nitrogens with one attached hydrogen (secondary N) is 3. The molecule has 1 amide bonds. The molecule has 0 aliphatic heterocycles. The Morgan fingerprint density at radius 2 is 2.09 bits per heavy atom. The number of imidazole rings is 1. The zero-order chi connectivity index (χ0) is 16.4. The number of rotatable bonds is 4. The number of carbonyl (C=O) groups excluding carboxylic acids is 1. The monoisotopic (exact) mass is 310 g/mol. The summed E-state index contributed by atoms with van der Waals surface area (Å²) < 4.78 is 0. The third kappa shape index (κ3) is 3.01. The van der Waals surface area contributed by atoms with Crippen LogP contribution in [0.4, 0.5) is 0 Å². The van der Waals surface area contributed by atoms with Crippen molar-refractivity contribution in [1.29, 1.82) is 0 Å². The van der Waals surface area contributed by atoms with Gasteiger partial charge in [-0.25, -0.2) is 4.98 Å². The van der Waals surface area contributed by atoms with Crippen LogP contribution in [0, 0.1) is 13.8 Å². The maximum atomic E-state index is 12.6. The van der Waals surface area contributed by atoms with Gasteiger partial charge in [-0.05, 0) is 31.0 Å². The standard InChI is InChI=1S/C17H18N4O2/c1-10-5-11(2)15-14(6-10)20-8-13(16(15)22)17(23)19-4-3-12-7-18-9-21-12/h5-9H,3-4H2,1-2H3,(H,18,21)(H,19,23)(H,20,22). The Kier molecular flexibility index (Phi) is 3.97. The quantitative estimate of drug-likeness (QED) is 0.687. The highest BCUT2D eigenvalue weighted by Gasteiger charge is 2.14. The van der Waals surface area contributed by atoms with Crippen LogP contribution in [0.2, 0.25) is 0 Å². The first-order valence-electron chi connectivity index (χ1n) is 7.44. The lowest BCUT2D eigenvalue weighted by Gasteiger charge is -2.08. The molecule has 0 aliphatic carbocycles. The van der Waals surface area contributed by atoms with Gasteiger partial charge in [-0.1, -0.05) is 6.07 Å². The van der Waals surface area contributed by atoms with Gasteiger partial charge in [-0.15, -0.1) is 0 Å². The summed E-state index contributed by atoms with van der Waals surface area (Å²) in [6.07, 6.45) is 5.42. The normalized spacial score (nSPS) is 10.9. The highest BCUT2D eigenvalue weighted by molar-refractivity contribution is 5.97. The van der Waals surface area contributed by atoms with Crippen LogP contribution in [-0.4, -0.2) is 27.4 Å². The number of H-pyrrole nitrogens is 2. The van der Waals surface area contributed by atoms with E-state index in [2.05, 4.69) is 20.3 Å². The lowest BCUT2D eigenvalue weighted by atomic mass is 10.0. The molecule has 1 aromatic carbocycles. The smallest absolute Gasteiger partial charge is 0.256 e. The van der Waals surface area contributed by atoms with E-state index in [-0.39, 0.29) is 16.9 Å². The van der Waals surface area contributed by atoms with Gasteiger partial charge in [0.15, 0.2) is 0 Å². The molecule has 2 heterocycles. The Hall–Kier alpha value is -2.89. The number of benzene rings is 1. The van der Waals surface area contributed by atoms with Crippen molar-refractivity contribution in [3.05, 3.63) is 63.5 Å². The number of nitrogens with zero attached hydrogens (tertiary/aromatic N) is 1. The van der Waals surface area contributed by atoms with Crippen molar-refractivity contribution >= 4 is 16.8 Å². The van der Waals surface area contributed by atoms with Gasteiger partial charge in [0.25, 0.3) is 5.91 Å². The number of fused-ring (bicyclic) bond motifs is 1. The Labute approximate surface area is 133 Å². The Bertz CT molecular complexity index is 910. The largest absolute Gasteiger partial charge is 0.360 e. The summed E-state index contributed by atoms with van der Waals surface area (Å²) >= 11 is 0. The van der Waals surface area contributed by atoms with Gasteiger partial charge in [0.05, 0.1) is 6.33 Å². The third-order valence-corrected chi connectivity index (χ3v) is 3.80. The van der Waals surface area contributed by atoms with Crippen molar-refractivity contribution in [3.63, 3.8) is 0 Å². The third-order valence-electron chi connectivity index (χ3n) is 3.80. The predicted molar refractivity (Wildman–Crippen MR) is 88.7 cm³/mol. The molecule has 0 fully saturated rings. The molecule has 0 radical (unpaired) electrons. The fourth-order valence-electron chi connectivity index (χ4n) is 2.73. The number of aryl methyl sites for hydroxylation is 2. The number of hydrogen-bond donors (Lipinski definition) is 3. The first-order chi connectivity index (χ1) is 11.1. The minimum atomic E-state index is -0.368. The summed E-state index contributed by atoms with van der Waals surface area (Å²) in [5.41, 5.74) is 3.52. The second kappa shape index (κ2) is 6.08. The van der Waals surface area contributed by atoms with Gasteiger partial charge in [0.2, 0.25) is 5.43 Å². The van der Waals surface area contributed by atoms with Crippen LogP contribution in [0.1, 0.15) is 27.2 Å². The van der Waals surface area contributed by atoms with Gasteiger partial charge >= 0.3 is 0 Å². The second-order valence-electron chi connectivity index (χ2n) is 5.62. The Morgan fingerprint density at radius 3 is 2.83 bits per heavy atom. The summed E-state index contributed by atoms with van der Waals surface area (Å²) in [7, 11) is 0. The van der Waals surface area contributed by atoms with E-state index in [1.807, 2.05) is 26.0 Å². The van der Waals surface area contributed by atoms with E-state index in [9.17, 15) is 9.59 Å². The highest BCUT2D eigenvalue weighted by Crippen LogP contribution is 2.15.